The van der Waals surface area contributed by atoms with Gasteiger partial charge < -0.3 is 10.5 Å². The number of carbonyl (C=O) groups is 1. The predicted octanol–water partition coefficient (Wildman–Crippen LogP) is 2.27. The van der Waals surface area contributed by atoms with Gasteiger partial charge in [-0.3, -0.25) is 0 Å². The molecule has 0 aliphatic rings. The summed E-state index contributed by atoms with van der Waals surface area (Å²) >= 11 is 0. The summed E-state index contributed by atoms with van der Waals surface area (Å²) in [5.41, 5.74) is 7.70. The van der Waals surface area contributed by atoms with Gasteiger partial charge in [0.25, 0.3) is 0 Å². The van der Waals surface area contributed by atoms with Crippen LogP contribution in [0.5, 0.6) is 0 Å². The molecule has 0 saturated heterocycles. The maximum absolute atomic E-state index is 11.1. The van der Waals surface area contributed by atoms with Crippen molar-refractivity contribution in [3.63, 3.8) is 0 Å². The first-order valence-electron chi connectivity index (χ1n) is 6.53. The van der Waals surface area contributed by atoms with Gasteiger partial charge in [0.05, 0.1) is 12.1 Å². The maximum atomic E-state index is 11.1. The molecule has 3 aromatic rings. The Morgan fingerprint density at radius 1 is 1.14 bits per heavy atom. The van der Waals surface area contributed by atoms with Crippen LogP contribution in [-0.4, -0.2) is 21.1 Å². The van der Waals surface area contributed by atoms with Crippen LogP contribution in [0.2, 0.25) is 0 Å². The lowest BCUT2D eigenvalue weighted by Crippen LogP contribution is -2.21. The molecule has 0 fully saturated rings. The first-order chi connectivity index (χ1) is 10.2. The average molecular weight is 282 g/mol. The summed E-state index contributed by atoms with van der Waals surface area (Å²) in [4.78, 5) is 11.1. The highest BCUT2D eigenvalue weighted by atomic mass is 16.6. The molecular weight excluding hydrogens is 268 g/mol. The van der Waals surface area contributed by atoms with Gasteiger partial charge in [0.1, 0.15) is 11.6 Å². The van der Waals surface area contributed by atoms with Crippen LogP contribution in [0, 0.1) is 0 Å². The number of aromatic nitrogens is 3. The van der Waals surface area contributed by atoms with Crippen molar-refractivity contribution in [1.29, 1.82) is 0 Å². The van der Waals surface area contributed by atoms with Crippen LogP contribution < -0.4 is 5.73 Å². The molecule has 0 radical (unpaired) electrons. The molecule has 1 heterocycles. The van der Waals surface area contributed by atoms with Crippen molar-refractivity contribution in [1.82, 2.24) is 15.0 Å². The van der Waals surface area contributed by atoms with Gasteiger partial charge >= 0.3 is 6.09 Å². The van der Waals surface area contributed by atoms with Crippen LogP contribution in [0.3, 0.4) is 0 Å². The smallest absolute Gasteiger partial charge is 0.405 e. The number of para-hydroxylation sites is 1. The van der Waals surface area contributed by atoms with Crippen LogP contribution in [-0.2, 0) is 11.3 Å². The highest BCUT2D eigenvalue weighted by Gasteiger charge is 2.17. The normalized spacial score (nSPS) is 12.2. The van der Waals surface area contributed by atoms with Crippen LogP contribution in [0.25, 0.3) is 11.0 Å². The van der Waals surface area contributed by atoms with Gasteiger partial charge in [-0.15, -0.1) is 5.10 Å². The second kappa shape index (κ2) is 5.62. The third kappa shape index (κ3) is 2.84. The van der Waals surface area contributed by atoms with Gasteiger partial charge in [-0.2, -0.15) is 0 Å². The zero-order valence-electron chi connectivity index (χ0n) is 11.2. The van der Waals surface area contributed by atoms with E-state index >= 15 is 0 Å². The number of hydrogen-bond acceptors (Lipinski definition) is 4. The Morgan fingerprint density at radius 2 is 1.86 bits per heavy atom. The molecule has 3 rings (SSSR count). The third-order valence-corrected chi connectivity index (χ3v) is 3.19. The standard InChI is InChI=1S/C15H14N4O2/c16-15(20)21-14(11-6-2-1-3-7-11)10-19-13-9-5-4-8-12(13)17-18-19/h1-9,14H,10H2,(H2,16,20). The molecule has 1 amide bonds. The molecule has 6 nitrogen and oxygen atoms in total. The van der Waals surface area contributed by atoms with Crippen LogP contribution in [0.1, 0.15) is 11.7 Å². The summed E-state index contributed by atoms with van der Waals surface area (Å²) < 4.78 is 6.91. The summed E-state index contributed by atoms with van der Waals surface area (Å²) in [5, 5.41) is 8.19. The molecule has 1 atom stereocenters. The molecule has 21 heavy (non-hydrogen) atoms. The summed E-state index contributed by atoms with van der Waals surface area (Å²) in [7, 11) is 0. The topological polar surface area (TPSA) is 83.0 Å². The average Bonchev–Trinajstić information content (AvgIpc) is 2.90. The fourth-order valence-corrected chi connectivity index (χ4v) is 2.23. The van der Waals surface area contributed by atoms with E-state index in [-0.39, 0.29) is 0 Å². The van der Waals surface area contributed by atoms with E-state index in [0.29, 0.717) is 6.54 Å². The third-order valence-electron chi connectivity index (χ3n) is 3.19. The van der Waals surface area contributed by atoms with E-state index in [4.69, 9.17) is 10.5 Å². The van der Waals surface area contributed by atoms with E-state index in [1.165, 1.54) is 0 Å². The van der Waals surface area contributed by atoms with Gasteiger partial charge in [0, 0.05) is 0 Å². The van der Waals surface area contributed by atoms with Crippen molar-refractivity contribution in [2.24, 2.45) is 5.73 Å². The lowest BCUT2D eigenvalue weighted by Gasteiger charge is -2.17. The first-order valence-corrected chi connectivity index (χ1v) is 6.53. The van der Waals surface area contributed by atoms with Crippen molar-refractivity contribution < 1.29 is 9.53 Å². The summed E-state index contributed by atoms with van der Waals surface area (Å²) in [6, 6.07) is 17.0. The molecule has 0 aliphatic carbocycles. The van der Waals surface area contributed by atoms with Gasteiger partial charge in [-0.1, -0.05) is 47.7 Å². The number of nitrogens with zero attached hydrogens (tertiary/aromatic N) is 3. The first kappa shape index (κ1) is 13.1. The molecule has 0 saturated carbocycles. The number of carbonyl (C=O) groups excluding carboxylic acids is 1. The number of benzene rings is 2. The highest BCUT2D eigenvalue weighted by molar-refractivity contribution is 5.73. The Morgan fingerprint density at radius 3 is 2.62 bits per heavy atom. The van der Waals surface area contributed by atoms with E-state index in [1.807, 2.05) is 54.6 Å². The van der Waals surface area contributed by atoms with Gasteiger partial charge in [-0.05, 0) is 17.7 Å². The lowest BCUT2D eigenvalue weighted by molar-refractivity contribution is 0.0938. The molecule has 2 N–H and O–H groups in total. The van der Waals surface area contributed by atoms with Crippen molar-refractivity contribution in [2.45, 2.75) is 12.6 Å². The SMILES string of the molecule is NC(=O)OC(Cn1nnc2ccccc21)c1ccccc1. The Bertz CT molecular complexity index is 754. The number of rotatable bonds is 4. The zero-order valence-corrected chi connectivity index (χ0v) is 11.2. The highest BCUT2D eigenvalue weighted by Crippen LogP contribution is 2.21. The molecule has 0 aliphatic heterocycles. The van der Waals surface area contributed by atoms with E-state index < -0.39 is 12.2 Å². The molecule has 0 spiro atoms. The monoisotopic (exact) mass is 282 g/mol. The number of nitrogens with two attached hydrogens (primary N) is 1. The number of hydrogen-bond donors (Lipinski definition) is 1. The molecule has 0 bridgehead atoms. The fraction of sp³-hybridized carbons (Fsp3) is 0.133. The molecule has 106 valence electrons. The van der Waals surface area contributed by atoms with Crippen molar-refractivity contribution in [2.75, 3.05) is 0 Å². The summed E-state index contributed by atoms with van der Waals surface area (Å²) in [6.07, 6.45) is -1.32. The second-order valence-corrected chi connectivity index (χ2v) is 4.60. The molecule has 1 aromatic heterocycles. The van der Waals surface area contributed by atoms with Gasteiger partial charge in [0.15, 0.2) is 0 Å². The quantitative estimate of drug-likeness (QED) is 0.795. The van der Waals surface area contributed by atoms with Gasteiger partial charge in [-0.25, -0.2) is 9.48 Å². The second-order valence-electron chi connectivity index (χ2n) is 4.60. The number of amides is 1. The minimum absolute atomic E-state index is 0.355. The minimum Gasteiger partial charge on any atom is -0.440 e. The Hall–Kier alpha value is -2.89. The largest absolute Gasteiger partial charge is 0.440 e. The number of ether oxygens (including phenoxy) is 1. The number of fused-ring (bicyclic) bond motifs is 1. The number of primary amides is 1. The predicted molar refractivity (Wildman–Crippen MR) is 77.4 cm³/mol. The maximum Gasteiger partial charge on any atom is 0.405 e. The molecule has 2 aromatic carbocycles. The van der Waals surface area contributed by atoms with E-state index in [2.05, 4.69) is 10.3 Å². The van der Waals surface area contributed by atoms with Crippen LogP contribution in [0.4, 0.5) is 4.79 Å². The zero-order chi connectivity index (χ0) is 14.7. The van der Waals surface area contributed by atoms with E-state index in [0.717, 1.165) is 16.6 Å². The minimum atomic E-state index is -0.812. The molecule has 6 heteroatoms. The fourth-order valence-electron chi connectivity index (χ4n) is 2.23. The van der Waals surface area contributed by atoms with Gasteiger partial charge in [0.2, 0.25) is 0 Å². The summed E-state index contributed by atoms with van der Waals surface area (Å²) in [6.45, 7) is 0.355. The van der Waals surface area contributed by atoms with Crippen molar-refractivity contribution in [3.05, 3.63) is 60.2 Å². The van der Waals surface area contributed by atoms with Crippen molar-refractivity contribution >= 4 is 17.1 Å². The Kier molecular flexibility index (Phi) is 3.51. The van der Waals surface area contributed by atoms with E-state index in [1.54, 1.807) is 4.68 Å². The van der Waals surface area contributed by atoms with Crippen LogP contribution in [0.15, 0.2) is 54.6 Å². The summed E-state index contributed by atoms with van der Waals surface area (Å²) in [5.74, 6) is 0. The van der Waals surface area contributed by atoms with Crippen LogP contribution >= 0.6 is 0 Å². The molecular formula is C15H14N4O2. The van der Waals surface area contributed by atoms with Crippen molar-refractivity contribution in [3.8, 4) is 0 Å². The Labute approximate surface area is 121 Å². The Balaban J connectivity index is 1.93. The molecule has 1 unspecified atom stereocenters. The van der Waals surface area contributed by atoms with E-state index in [9.17, 15) is 4.79 Å². The lowest BCUT2D eigenvalue weighted by atomic mass is 10.1.